The van der Waals surface area contributed by atoms with Crippen LogP contribution in [0.5, 0.6) is 5.88 Å². The van der Waals surface area contributed by atoms with E-state index in [1.54, 1.807) is 6.20 Å². The van der Waals surface area contributed by atoms with Gasteiger partial charge in [0.2, 0.25) is 5.88 Å². The number of hydrogen-bond donors (Lipinski definition) is 1. The van der Waals surface area contributed by atoms with Gasteiger partial charge in [0, 0.05) is 25.4 Å². The molecular weight excluding hydrogens is 240 g/mol. The van der Waals surface area contributed by atoms with Crippen molar-refractivity contribution in [2.24, 2.45) is 0 Å². The molecule has 17 heavy (non-hydrogen) atoms. The highest BCUT2D eigenvalue weighted by Crippen LogP contribution is 2.20. The Morgan fingerprint density at radius 3 is 3.24 bits per heavy atom. The van der Waals surface area contributed by atoms with E-state index >= 15 is 0 Å². The van der Waals surface area contributed by atoms with Crippen LogP contribution in [0.2, 0.25) is 5.02 Å². The second-order valence-corrected chi connectivity index (χ2v) is 4.50. The quantitative estimate of drug-likeness (QED) is 0.875. The zero-order chi connectivity index (χ0) is 12.1. The lowest BCUT2D eigenvalue weighted by molar-refractivity contribution is 0.0663. The molecule has 1 aliphatic rings. The molecule has 5 heteroatoms. The van der Waals surface area contributed by atoms with Crippen LogP contribution in [0.4, 0.5) is 0 Å². The van der Waals surface area contributed by atoms with Crippen LogP contribution in [-0.2, 0) is 11.3 Å². The van der Waals surface area contributed by atoms with Gasteiger partial charge in [0.1, 0.15) is 6.61 Å². The van der Waals surface area contributed by atoms with Crippen molar-refractivity contribution in [2.75, 3.05) is 20.3 Å². The van der Waals surface area contributed by atoms with Crippen LogP contribution >= 0.6 is 11.6 Å². The summed E-state index contributed by atoms with van der Waals surface area (Å²) < 4.78 is 11.1. The SMILES string of the molecule is CNCc1cc(OCC2CCCO2)ncc1Cl. The summed E-state index contributed by atoms with van der Waals surface area (Å²) >= 11 is 6.02. The average Bonchev–Trinajstić information content (AvgIpc) is 2.83. The van der Waals surface area contributed by atoms with E-state index < -0.39 is 0 Å². The van der Waals surface area contributed by atoms with Gasteiger partial charge in [-0.1, -0.05) is 11.6 Å². The largest absolute Gasteiger partial charge is 0.475 e. The number of nitrogens with zero attached hydrogens (tertiary/aromatic N) is 1. The van der Waals surface area contributed by atoms with Crippen LogP contribution in [0.1, 0.15) is 18.4 Å². The van der Waals surface area contributed by atoms with Crippen molar-refractivity contribution in [3.63, 3.8) is 0 Å². The third-order valence-corrected chi connectivity index (χ3v) is 3.06. The highest BCUT2D eigenvalue weighted by molar-refractivity contribution is 6.31. The van der Waals surface area contributed by atoms with Crippen molar-refractivity contribution in [2.45, 2.75) is 25.5 Å². The van der Waals surface area contributed by atoms with Crippen molar-refractivity contribution in [1.82, 2.24) is 10.3 Å². The molecule has 1 aromatic heterocycles. The van der Waals surface area contributed by atoms with E-state index in [0.717, 1.165) is 25.0 Å². The van der Waals surface area contributed by atoms with Crippen LogP contribution in [0, 0.1) is 0 Å². The molecule has 4 nitrogen and oxygen atoms in total. The molecule has 1 saturated heterocycles. The topological polar surface area (TPSA) is 43.4 Å². The molecule has 1 aromatic rings. The number of rotatable bonds is 5. The minimum atomic E-state index is 0.209. The molecular formula is C12H17ClN2O2. The fourth-order valence-electron chi connectivity index (χ4n) is 1.82. The van der Waals surface area contributed by atoms with Crippen LogP contribution in [0.3, 0.4) is 0 Å². The van der Waals surface area contributed by atoms with Gasteiger partial charge in [-0.25, -0.2) is 4.98 Å². The molecule has 0 bridgehead atoms. The van der Waals surface area contributed by atoms with Gasteiger partial charge in [0.05, 0.1) is 11.1 Å². The molecule has 0 spiro atoms. The normalized spacial score (nSPS) is 19.5. The van der Waals surface area contributed by atoms with E-state index in [0.29, 0.717) is 24.1 Å². The Kier molecular flexibility index (Phi) is 4.59. The predicted molar refractivity (Wildman–Crippen MR) is 66.5 cm³/mol. The third kappa shape index (κ3) is 3.56. The van der Waals surface area contributed by atoms with Gasteiger partial charge < -0.3 is 14.8 Å². The molecule has 94 valence electrons. The molecule has 1 unspecified atom stereocenters. The Labute approximate surface area is 106 Å². The number of pyridine rings is 1. The van der Waals surface area contributed by atoms with E-state index in [4.69, 9.17) is 21.1 Å². The number of hydrogen-bond acceptors (Lipinski definition) is 4. The van der Waals surface area contributed by atoms with Crippen LogP contribution in [0.15, 0.2) is 12.3 Å². The Morgan fingerprint density at radius 1 is 1.65 bits per heavy atom. The fourth-order valence-corrected chi connectivity index (χ4v) is 1.99. The van der Waals surface area contributed by atoms with Gasteiger partial charge in [-0.3, -0.25) is 0 Å². The van der Waals surface area contributed by atoms with Gasteiger partial charge in [-0.15, -0.1) is 0 Å². The molecule has 1 aliphatic heterocycles. The molecule has 0 aromatic carbocycles. The lowest BCUT2D eigenvalue weighted by Gasteiger charge is -2.12. The van der Waals surface area contributed by atoms with Crippen molar-refractivity contribution in [3.8, 4) is 5.88 Å². The number of ether oxygens (including phenoxy) is 2. The lowest BCUT2D eigenvalue weighted by Crippen LogP contribution is -2.17. The first-order valence-electron chi connectivity index (χ1n) is 5.83. The second kappa shape index (κ2) is 6.19. The highest BCUT2D eigenvalue weighted by Gasteiger charge is 2.16. The molecule has 2 rings (SSSR count). The van der Waals surface area contributed by atoms with Crippen molar-refractivity contribution in [1.29, 1.82) is 0 Å². The van der Waals surface area contributed by atoms with Crippen LogP contribution < -0.4 is 10.1 Å². The average molecular weight is 257 g/mol. The van der Waals surface area contributed by atoms with Crippen LogP contribution in [0.25, 0.3) is 0 Å². The van der Waals surface area contributed by atoms with Gasteiger partial charge in [-0.2, -0.15) is 0 Å². The smallest absolute Gasteiger partial charge is 0.213 e. The standard InChI is InChI=1S/C12H17ClN2O2/c1-14-6-9-5-12(15-7-11(9)13)17-8-10-3-2-4-16-10/h5,7,10,14H,2-4,6,8H2,1H3. The predicted octanol–water partition coefficient (Wildman–Crippen LogP) is 2.01. The maximum absolute atomic E-state index is 6.02. The number of nitrogens with one attached hydrogen (secondary N) is 1. The third-order valence-electron chi connectivity index (χ3n) is 2.72. The molecule has 0 amide bonds. The maximum atomic E-state index is 6.02. The molecule has 1 N–H and O–H groups in total. The Balaban J connectivity index is 1.93. The summed E-state index contributed by atoms with van der Waals surface area (Å²) in [7, 11) is 1.88. The maximum Gasteiger partial charge on any atom is 0.213 e. The molecule has 0 aliphatic carbocycles. The molecule has 2 heterocycles. The van der Waals surface area contributed by atoms with Crippen molar-refractivity contribution in [3.05, 3.63) is 22.8 Å². The molecule has 0 radical (unpaired) electrons. The number of halogens is 1. The summed E-state index contributed by atoms with van der Waals surface area (Å²) in [5.41, 5.74) is 0.992. The van der Waals surface area contributed by atoms with Crippen molar-refractivity contribution < 1.29 is 9.47 Å². The first-order valence-corrected chi connectivity index (χ1v) is 6.21. The zero-order valence-electron chi connectivity index (χ0n) is 9.91. The highest BCUT2D eigenvalue weighted by atomic mass is 35.5. The summed E-state index contributed by atoms with van der Waals surface area (Å²) in [6, 6.07) is 1.87. The van der Waals surface area contributed by atoms with E-state index in [1.807, 2.05) is 13.1 Å². The minimum Gasteiger partial charge on any atom is -0.475 e. The minimum absolute atomic E-state index is 0.209. The van der Waals surface area contributed by atoms with Gasteiger partial charge in [-0.05, 0) is 25.5 Å². The summed E-state index contributed by atoms with van der Waals surface area (Å²) in [5.74, 6) is 0.607. The first kappa shape index (κ1) is 12.6. The van der Waals surface area contributed by atoms with E-state index in [-0.39, 0.29) is 6.10 Å². The van der Waals surface area contributed by atoms with Gasteiger partial charge in [0.25, 0.3) is 0 Å². The van der Waals surface area contributed by atoms with Crippen LogP contribution in [-0.4, -0.2) is 31.3 Å². The fraction of sp³-hybridized carbons (Fsp3) is 0.583. The Morgan fingerprint density at radius 2 is 2.53 bits per heavy atom. The summed E-state index contributed by atoms with van der Waals surface area (Å²) in [5, 5.41) is 3.71. The van der Waals surface area contributed by atoms with E-state index in [9.17, 15) is 0 Å². The molecule has 1 atom stereocenters. The van der Waals surface area contributed by atoms with Gasteiger partial charge in [0.15, 0.2) is 0 Å². The summed E-state index contributed by atoms with van der Waals surface area (Å²) in [4.78, 5) is 4.14. The number of aromatic nitrogens is 1. The van der Waals surface area contributed by atoms with E-state index in [2.05, 4.69) is 10.3 Å². The molecule has 1 fully saturated rings. The molecule has 0 saturated carbocycles. The second-order valence-electron chi connectivity index (χ2n) is 4.09. The monoisotopic (exact) mass is 256 g/mol. The van der Waals surface area contributed by atoms with Gasteiger partial charge >= 0.3 is 0 Å². The summed E-state index contributed by atoms with van der Waals surface area (Å²) in [6.07, 6.45) is 4.02. The zero-order valence-corrected chi connectivity index (χ0v) is 10.7. The van der Waals surface area contributed by atoms with E-state index in [1.165, 1.54) is 0 Å². The lowest BCUT2D eigenvalue weighted by atomic mass is 10.2. The first-order chi connectivity index (χ1) is 8.29. The van der Waals surface area contributed by atoms with Crippen molar-refractivity contribution >= 4 is 11.6 Å². The Hall–Kier alpha value is -0.840. The Bertz CT molecular complexity index is 368. The summed E-state index contributed by atoms with van der Waals surface area (Å²) in [6.45, 7) is 2.11.